The summed E-state index contributed by atoms with van der Waals surface area (Å²) in [5.41, 5.74) is 1.67. The monoisotopic (exact) mass is 514 g/mol. The summed E-state index contributed by atoms with van der Waals surface area (Å²) in [5.74, 6) is -0.557. The van der Waals surface area contributed by atoms with Gasteiger partial charge < -0.3 is 19.9 Å². The van der Waals surface area contributed by atoms with E-state index in [9.17, 15) is 14.4 Å². The van der Waals surface area contributed by atoms with Crippen molar-refractivity contribution in [3.63, 3.8) is 0 Å². The summed E-state index contributed by atoms with van der Waals surface area (Å²) in [4.78, 5) is 46.1. The van der Waals surface area contributed by atoms with Gasteiger partial charge in [0.05, 0.1) is 11.4 Å². The minimum atomic E-state index is -0.688. The highest BCUT2D eigenvalue weighted by Gasteiger charge is 2.53. The number of nitrogens with zero attached hydrogens (tertiary/aromatic N) is 3. The van der Waals surface area contributed by atoms with Crippen molar-refractivity contribution in [2.75, 3.05) is 50.5 Å². The van der Waals surface area contributed by atoms with Crippen LogP contribution < -0.4 is 10.2 Å². The number of Topliss-reactive ketones (excluding diaryl/α,β-unsaturated/α-hetero) is 1. The topological polar surface area (TPSA) is 82.2 Å². The Bertz CT molecular complexity index is 976. The maximum absolute atomic E-state index is 13.7. The van der Waals surface area contributed by atoms with E-state index in [-0.39, 0.29) is 41.5 Å². The molecule has 1 aromatic carbocycles. The molecule has 3 heterocycles. The fraction of sp³-hybridized carbons (Fsp3) is 0.667. The van der Waals surface area contributed by atoms with Gasteiger partial charge in [-0.25, -0.2) is 0 Å². The average Bonchev–Trinajstić information content (AvgIpc) is 3.60. The van der Waals surface area contributed by atoms with E-state index in [1.54, 1.807) is 16.7 Å². The normalized spacial score (nSPS) is 28.2. The van der Waals surface area contributed by atoms with Crippen molar-refractivity contribution in [2.45, 2.75) is 62.6 Å². The van der Waals surface area contributed by atoms with Gasteiger partial charge in [-0.1, -0.05) is 20.3 Å². The number of hydrogen-bond acceptors (Lipinski definition) is 7. The molecule has 1 aliphatic carbocycles. The molecule has 0 bridgehead atoms. The van der Waals surface area contributed by atoms with E-state index < -0.39 is 12.1 Å². The van der Waals surface area contributed by atoms with Crippen LogP contribution >= 0.6 is 11.8 Å². The van der Waals surface area contributed by atoms with E-state index in [1.165, 1.54) is 12.8 Å². The molecule has 4 fully saturated rings. The van der Waals surface area contributed by atoms with Gasteiger partial charge in [0.25, 0.3) is 5.91 Å². The highest BCUT2D eigenvalue weighted by Crippen LogP contribution is 2.34. The lowest BCUT2D eigenvalue weighted by atomic mass is 9.96. The molecule has 4 aliphatic rings. The molecule has 1 saturated carbocycles. The van der Waals surface area contributed by atoms with Crippen LogP contribution in [0, 0.1) is 5.92 Å². The predicted molar refractivity (Wildman–Crippen MR) is 142 cm³/mol. The Morgan fingerprint density at radius 2 is 1.83 bits per heavy atom. The molecular formula is C27H38N4O4S. The summed E-state index contributed by atoms with van der Waals surface area (Å²) in [5, 5.41) is 3.07. The number of thioether (sulfide) groups is 1. The van der Waals surface area contributed by atoms with Crippen molar-refractivity contribution in [2.24, 2.45) is 5.92 Å². The fourth-order valence-electron chi connectivity index (χ4n) is 5.74. The number of amides is 2. The number of nitrogens with one attached hydrogen (secondary N) is 1. The summed E-state index contributed by atoms with van der Waals surface area (Å²) in [6.45, 7) is 8.69. The predicted octanol–water partition coefficient (Wildman–Crippen LogP) is 2.03. The number of rotatable bonds is 8. The van der Waals surface area contributed by atoms with Gasteiger partial charge in [-0.05, 0) is 49.3 Å². The fourth-order valence-corrected chi connectivity index (χ4v) is 6.55. The zero-order chi connectivity index (χ0) is 25.4. The molecular weight excluding hydrogens is 476 g/mol. The number of ketones is 1. The lowest BCUT2D eigenvalue weighted by Gasteiger charge is -2.36. The lowest BCUT2D eigenvalue weighted by Crippen LogP contribution is -2.54. The molecule has 36 heavy (non-hydrogen) atoms. The maximum atomic E-state index is 13.7. The molecule has 9 heteroatoms. The minimum absolute atomic E-state index is 0.0484. The van der Waals surface area contributed by atoms with E-state index in [4.69, 9.17) is 4.74 Å². The second-order valence-electron chi connectivity index (χ2n) is 10.6. The van der Waals surface area contributed by atoms with Crippen LogP contribution in [0.5, 0.6) is 0 Å². The Balaban J connectivity index is 1.24. The minimum Gasteiger partial charge on any atom is -0.369 e. The van der Waals surface area contributed by atoms with Crippen molar-refractivity contribution in [1.82, 2.24) is 15.1 Å². The average molecular weight is 515 g/mol. The quantitative estimate of drug-likeness (QED) is 0.569. The van der Waals surface area contributed by atoms with E-state index in [1.807, 2.05) is 44.4 Å². The summed E-state index contributed by atoms with van der Waals surface area (Å²) in [6.07, 6.45) is 5.13. The largest absolute Gasteiger partial charge is 0.369 e. The first-order chi connectivity index (χ1) is 17.4. The van der Waals surface area contributed by atoms with E-state index >= 15 is 0 Å². The van der Waals surface area contributed by atoms with Gasteiger partial charge in [0.1, 0.15) is 18.7 Å². The number of piperazine rings is 1. The molecule has 1 aromatic rings. The molecule has 0 radical (unpaired) electrons. The first kappa shape index (κ1) is 25.5. The highest BCUT2D eigenvalue weighted by atomic mass is 32.2. The molecule has 2 amide bonds. The number of carbonyl (C=O) groups excluding carboxylic acids is 3. The van der Waals surface area contributed by atoms with Crippen LogP contribution in [0.4, 0.5) is 5.69 Å². The van der Waals surface area contributed by atoms with Gasteiger partial charge >= 0.3 is 0 Å². The SMILES string of the molecule is CC[C@H](C)[C@H](NC(=O)c1ccc(N2CCN(C3CC3)CC2)cc1)C(=O)N1C[C@H](SC)[C@H]2OCC(=O)[C@H]21. The van der Waals surface area contributed by atoms with Crippen LogP contribution in [0.15, 0.2) is 24.3 Å². The lowest BCUT2D eigenvalue weighted by molar-refractivity contribution is -0.139. The van der Waals surface area contributed by atoms with Gasteiger partial charge in [0.15, 0.2) is 5.78 Å². The number of benzene rings is 1. The Kier molecular flexibility index (Phi) is 7.60. The molecule has 0 spiro atoms. The van der Waals surface area contributed by atoms with Crippen molar-refractivity contribution < 1.29 is 19.1 Å². The smallest absolute Gasteiger partial charge is 0.251 e. The Morgan fingerprint density at radius 3 is 2.44 bits per heavy atom. The van der Waals surface area contributed by atoms with Crippen molar-refractivity contribution in [1.29, 1.82) is 0 Å². The van der Waals surface area contributed by atoms with Crippen molar-refractivity contribution >= 4 is 35.0 Å². The molecule has 3 aliphatic heterocycles. The Morgan fingerprint density at radius 1 is 1.14 bits per heavy atom. The van der Waals surface area contributed by atoms with Crippen LogP contribution in [0.25, 0.3) is 0 Å². The van der Waals surface area contributed by atoms with Crippen LogP contribution in [0.2, 0.25) is 0 Å². The van der Waals surface area contributed by atoms with E-state index in [0.29, 0.717) is 12.1 Å². The van der Waals surface area contributed by atoms with Crippen LogP contribution in [0.3, 0.4) is 0 Å². The van der Waals surface area contributed by atoms with Gasteiger partial charge in [0, 0.05) is 50.0 Å². The maximum Gasteiger partial charge on any atom is 0.251 e. The third-order valence-corrected chi connectivity index (χ3v) is 9.38. The van der Waals surface area contributed by atoms with Crippen LogP contribution in [0.1, 0.15) is 43.5 Å². The third kappa shape index (κ3) is 5.02. The number of fused-ring (bicyclic) bond motifs is 1. The summed E-state index contributed by atoms with van der Waals surface area (Å²) < 4.78 is 5.71. The zero-order valence-corrected chi connectivity index (χ0v) is 22.3. The number of hydrogen-bond donors (Lipinski definition) is 1. The molecule has 0 unspecified atom stereocenters. The van der Waals surface area contributed by atoms with Crippen LogP contribution in [-0.4, -0.2) is 102 Å². The summed E-state index contributed by atoms with van der Waals surface area (Å²) in [7, 11) is 0. The zero-order valence-electron chi connectivity index (χ0n) is 21.5. The van der Waals surface area contributed by atoms with E-state index in [2.05, 4.69) is 15.1 Å². The van der Waals surface area contributed by atoms with Crippen molar-refractivity contribution in [3.05, 3.63) is 29.8 Å². The molecule has 1 N–H and O–H groups in total. The van der Waals surface area contributed by atoms with Crippen molar-refractivity contribution in [3.8, 4) is 0 Å². The van der Waals surface area contributed by atoms with Gasteiger partial charge in [-0.15, -0.1) is 0 Å². The Hall–Kier alpha value is -2.10. The molecule has 0 aromatic heterocycles. The molecule has 5 rings (SSSR count). The first-order valence-electron chi connectivity index (χ1n) is 13.3. The van der Waals surface area contributed by atoms with Gasteiger partial charge in [-0.3, -0.25) is 19.3 Å². The number of anilines is 1. The summed E-state index contributed by atoms with van der Waals surface area (Å²) >= 11 is 1.62. The number of likely N-dealkylation sites (tertiary alicyclic amines) is 1. The first-order valence-corrected chi connectivity index (χ1v) is 14.6. The summed E-state index contributed by atoms with van der Waals surface area (Å²) in [6, 6.07) is 7.27. The van der Waals surface area contributed by atoms with Gasteiger partial charge in [0.2, 0.25) is 5.91 Å². The molecule has 8 nitrogen and oxygen atoms in total. The molecule has 5 atom stereocenters. The standard InChI is InChI=1S/C27H38N4O4S/c1-4-17(2)23(27(34)31-15-22(36-3)25-24(31)21(32)16-35-25)28-26(33)18-5-7-19(8-6-18)29-11-13-30(14-12-29)20-9-10-20/h5-8,17,20,22-25H,4,9-16H2,1-3H3,(H,28,33)/t17-,22-,23-,24+,25+/m0/s1. The molecule has 3 saturated heterocycles. The van der Waals surface area contributed by atoms with Gasteiger partial charge in [-0.2, -0.15) is 11.8 Å². The van der Waals surface area contributed by atoms with Crippen LogP contribution in [-0.2, 0) is 14.3 Å². The number of carbonyl (C=O) groups is 3. The Labute approximate surface area is 218 Å². The second kappa shape index (κ2) is 10.7. The highest BCUT2D eigenvalue weighted by molar-refractivity contribution is 7.99. The number of ether oxygens (including phenoxy) is 1. The molecule has 196 valence electrons. The third-order valence-electron chi connectivity index (χ3n) is 8.36. The van der Waals surface area contributed by atoms with E-state index in [0.717, 1.165) is 44.3 Å². The second-order valence-corrected chi connectivity index (χ2v) is 11.7.